The van der Waals surface area contributed by atoms with Crippen LogP contribution >= 0.6 is 0 Å². The van der Waals surface area contributed by atoms with Crippen molar-refractivity contribution in [1.82, 2.24) is 9.80 Å². The van der Waals surface area contributed by atoms with Gasteiger partial charge in [0.1, 0.15) is 0 Å². The first-order valence-electron chi connectivity index (χ1n) is 8.97. The summed E-state index contributed by atoms with van der Waals surface area (Å²) in [6, 6.07) is 6.98. The normalized spacial score (nSPS) is 28.8. The average Bonchev–Trinajstić information content (AvgIpc) is 2.89. The van der Waals surface area contributed by atoms with Gasteiger partial charge in [-0.25, -0.2) is 4.79 Å². The number of hydrogen-bond donors (Lipinski definition) is 1. The molecule has 2 unspecified atom stereocenters. The molecule has 3 saturated heterocycles. The molecule has 0 radical (unpaired) electrons. The van der Waals surface area contributed by atoms with Crippen molar-refractivity contribution in [3.63, 3.8) is 0 Å². The summed E-state index contributed by atoms with van der Waals surface area (Å²) < 4.78 is 0. The van der Waals surface area contributed by atoms with E-state index in [1.165, 1.54) is 24.0 Å². The smallest absolute Gasteiger partial charge is 0.322 e. The highest BCUT2D eigenvalue weighted by Gasteiger charge is 2.44. The Morgan fingerprint density at radius 3 is 2.67 bits per heavy atom. The third-order valence-electron chi connectivity index (χ3n) is 5.95. The maximum atomic E-state index is 12.6. The number of carbonyl (C=O) groups excluding carboxylic acids is 2. The lowest BCUT2D eigenvalue weighted by molar-refractivity contribution is -0.126. The number of likely N-dealkylation sites (N-methyl/N-ethyl adjacent to an activating group) is 1. The summed E-state index contributed by atoms with van der Waals surface area (Å²) in [5.74, 6) is 0.421. The van der Waals surface area contributed by atoms with E-state index in [1.807, 2.05) is 24.1 Å². The molecule has 0 aromatic heterocycles. The number of rotatable bonds is 2. The van der Waals surface area contributed by atoms with E-state index >= 15 is 0 Å². The Kier molecular flexibility index (Phi) is 3.74. The van der Waals surface area contributed by atoms with Gasteiger partial charge in [-0.15, -0.1) is 0 Å². The number of piperidine rings is 1. The summed E-state index contributed by atoms with van der Waals surface area (Å²) in [7, 11) is 1.85. The summed E-state index contributed by atoms with van der Waals surface area (Å²) >= 11 is 0. The van der Waals surface area contributed by atoms with Crippen LogP contribution in [0.3, 0.4) is 0 Å². The van der Waals surface area contributed by atoms with E-state index in [4.69, 9.17) is 0 Å². The van der Waals surface area contributed by atoms with E-state index < -0.39 is 0 Å². The molecule has 3 aliphatic rings. The first-order chi connectivity index (χ1) is 11.5. The number of carbonyl (C=O) groups is 2. The van der Waals surface area contributed by atoms with Crippen molar-refractivity contribution in [1.29, 1.82) is 0 Å². The maximum Gasteiger partial charge on any atom is 0.322 e. The number of nitrogens with one attached hydrogen (secondary N) is 1. The third kappa shape index (κ3) is 2.56. The summed E-state index contributed by atoms with van der Waals surface area (Å²) in [6.07, 6.45) is 5.25. The van der Waals surface area contributed by atoms with Crippen molar-refractivity contribution < 1.29 is 11.0 Å². The first-order valence-corrected chi connectivity index (χ1v) is 8.97. The maximum absolute atomic E-state index is 12.6. The third-order valence-corrected chi connectivity index (χ3v) is 5.95. The molecule has 1 aromatic carbocycles. The van der Waals surface area contributed by atoms with Gasteiger partial charge in [0.05, 0.1) is 0 Å². The standard InChI is InChI=1S/C19H25N3O2.H2/c1-12-6-7-14(9-17(12)13-8-18(23)21(2)11-13)20-19(24)22-15-4-3-5-16(22)10-15;/h6-7,9,13,15-16H,3-5,8,10-11H2,1-2H3,(H,20,24);1H/t13-,15?,16?;/m1./s1. The Bertz CT molecular complexity index is 679. The number of aryl methyl sites for hydroxylation is 1. The molecule has 4 rings (SSSR count). The van der Waals surface area contributed by atoms with Gasteiger partial charge in [0.25, 0.3) is 0 Å². The molecule has 130 valence electrons. The molecule has 3 heterocycles. The summed E-state index contributed by atoms with van der Waals surface area (Å²) in [4.78, 5) is 28.2. The van der Waals surface area contributed by atoms with Crippen LogP contribution in [0.1, 0.15) is 50.6 Å². The van der Waals surface area contributed by atoms with Gasteiger partial charge in [-0.1, -0.05) is 6.07 Å². The minimum absolute atomic E-state index is 0. The number of benzene rings is 1. The number of nitrogens with zero attached hydrogens (tertiary/aromatic N) is 2. The van der Waals surface area contributed by atoms with Gasteiger partial charge in [-0.3, -0.25) is 4.79 Å². The van der Waals surface area contributed by atoms with E-state index in [-0.39, 0.29) is 19.3 Å². The van der Waals surface area contributed by atoms with E-state index in [2.05, 4.69) is 18.3 Å². The van der Waals surface area contributed by atoms with E-state index in [0.717, 1.165) is 25.1 Å². The van der Waals surface area contributed by atoms with Gasteiger partial charge in [0.2, 0.25) is 5.91 Å². The average molecular weight is 329 g/mol. The second-order valence-corrected chi connectivity index (χ2v) is 7.56. The Labute approximate surface area is 144 Å². The van der Waals surface area contributed by atoms with Crippen molar-refractivity contribution in [2.75, 3.05) is 18.9 Å². The van der Waals surface area contributed by atoms with Crippen molar-refractivity contribution in [3.8, 4) is 0 Å². The summed E-state index contributed by atoms with van der Waals surface area (Å²) in [6.45, 7) is 2.83. The molecule has 3 amide bonds. The van der Waals surface area contributed by atoms with Crippen LogP contribution in [0.15, 0.2) is 18.2 Å². The molecule has 0 saturated carbocycles. The number of hydrogen-bond acceptors (Lipinski definition) is 2. The highest BCUT2D eigenvalue weighted by atomic mass is 16.2. The lowest BCUT2D eigenvalue weighted by Gasteiger charge is -2.52. The van der Waals surface area contributed by atoms with Gasteiger partial charge in [-0.2, -0.15) is 0 Å². The van der Waals surface area contributed by atoms with Crippen LogP contribution in [0.4, 0.5) is 10.5 Å². The van der Waals surface area contributed by atoms with Gasteiger partial charge >= 0.3 is 6.03 Å². The Morgan fingerprint density at radius 1 is 1.29 bits per heavy atom. The fraction of sp³-hybridized carbons (Fsp3) is 0.579. The molecule has 1 N–H and O–H groups in total. The molecule has 0 aliphatic carbocycles. The van der Waals surface area contributed by atoms with Crippen LogP contribution in [0.25, 0.3) is 0 Å². The topological polar surface area (TPSA) is 52.7 Å². The molecule has 1 aromatic rings. The van der Waals surface area contributed by atoms with E-state index in [1.54, 1.807) is 4.90 Å². The van der Waals surface area contributed by atoms with Crippen molar-refractivity contribution >= 4 is 17.6 Å². The number of urea groups is 1. The predicted molar refractivity (Wildman–Crippen MR) is 95.2 cm³/mol. The molecular weight excluding hydrogens is 302 g/mol. The molecule has 3 atom stereocenters. The lowest BCUT2D eigenvalue weighted by atomic mass is 9.80. The Morgan fingerprint density at radius 2 is 2.04 bits per heavy atom. The number of anilines is 1. The molecule has 2 bridgehead atoms. The fourth-order valence-electron chi connectivity index (χ4n) is 4.55. The summed E-state index contributed by atoms with van der Waals surface area (Å²) in [5, 5.41) is 3.07. The van der Waals surface area contributed by atoms with Crippen molar-refractivity contribution in [3.05, 3.63) is 29.3 Å². The number of fused-ring (bicyclic) bond motifs is 2. The van der Waals surface area contributed by atoms with Crippen LogP contribution in [-0.2, 0) is 4.79 Å². The number of amides is 3. The van der Waals surface area contributed by atoms with Gasteiger partial charge in [0, 0.05) is 45.1 Å². The van der Waals surface area contributed by atoms with Crippen molar-refractivity contribution in [2.45, 2.75) is 57.0 Å². The van der Waals surface area contributed by atoms with Crippen LogP contribution < -0.4 is 5.32 Å². The SMILES string of the molecule is Cc1ccc(NC(=O)N2C3CCCC2C3)cc1[C@@H]1CC(=O)N(C)C1.[HH]. The van der Waals surface area contributed by atoms with Crippen LogP contribution in [0.5, 0.6) is 0 Å². The highest BCUT2D eigenvalue weighted by molar-refractivity contribution is 5.90. The zero-order chi connectivity index (χ0) is 16.8. The zero-order valence-electron chi connectivity index (χ0n) is 14.4. The molecule has 5 nitrogen and oxygen atoms in total. The van der Waals surface area contributed by atoms with Crippen molar-refractivity contribution in [2.24, 2.45) is 0 Å². The lowest BCUT2D eigenvalue weighted by Crippen LogP contribution is -2.62. The Balaban J connectivity index is 0.00000182. The minimum Gasteiger partial charge on any atom is -0.345 e. The second-order valence-electron chi connectivity index (χ2n) is 7.56. The zero-order valence-corrected chi connectivity index (χ0v) is 14.4. The van der Waals surface area contributed by atoms with Gasteiger partial charge < -0.3 is 15.1 Å². The van der Waals surface area contributed by atoms with Gasteiger partial charge in [-0.05, 0) is 55.9 Å². The predicted octanol–water partition coefficient (Wildman–Crippen LogP) is 3.35. The first kappa shape index (κ1) is 15.5. The monoisotopic (exact) mass is 329 g/mol. The molecule has 3 aliphatic heterocycles. The largest absolute Gasteiger partial charge is 0.345 e. The second kappa shape index (κ2) is 5.80. The Hall–Kier alpha value is -2.04. The molecule has 24 heavy (non-hydrogen) atoms. The van der Waals surface area contributed by atoms with Crippen LogP contribution in [0, 0.1) is 6.92 Å². The van der Waals surface area contributed by atoms with Crippen LogP contribution in [-0.4, -0.2) is 47.4 Å². The van der Waals surface area contributed by atoms with E-state index in [0.29, 0.717) is 18.5 Å². The van der Waals surface area contributed by atoms with Crippen LogP contribution in [0.2, 0.25) is 0 Å². The minimum atomic E-state index is 0. The highest BCUT2D eigenvalue weighted by Crippen LogP contribution is 2.38. The molecule has 5 heteroatoms. The van der Waals surface area contributed by atoms with Gasteiger partial charge in [0.15, 0.2) is 0 Å². The molecular formula is C19H27N3O2. The quantitative estimate of drug-likeness (QED) is 0.904. The molecule has 3 fully saturated rings. The molecule has 0 spiro atoms. The summed E-state index contributed by atoms with van der Waals surface area (Å²) in [5.41, 5.74) is 3.20. The number of likely N-dealkylation sites (tertiary alicyclic amines) is 1. The van der Waals surface area contributed by atoms with E-state index in [9.17, 15) is 9.59 Å². The fourth-order valence-corrected chi connectivity index (χ4v) is 4.55.